The third-order valence-corrected chi connectivity index (χ3v) is 6.67. The molecule has 1 unspecified atom stereocenters. The SMILES string of the molecule is CC1(C)COC(C2C(=O)N(Cc3ccc(N)cc3)c3ccc(NC(=O)c4ccc(Cl)cc4)cc32)OC1. The summed E-state index contributed by atoms with van der Waals surface area (Å²) >= 11 is 5.94. The number of amides is 2. The summed E-state index contributed by atoms with van der Waals surface area (Å²) in [5, 5.41) is 3.48. The van der Waals surface area contributed by atoms with Gasteiger partial charge in [-0.3, -0.25) is 9.59 Å². The quantitative estimate of drug-likeness (QED) is 0.464. The number of anilines is 3. The molecule has 0 aliphatic carbocycles. The maximum Gasteiger partial charge on any atom is 0.255 e. The lowest BCUT2D eigenvalue weighted by Crippen LogP contribution is -2.43. The lowest BCUT2D eigenvalue weighted by Gasteiger charge is -2.36. The molecular formula is C28H28ClN3O4. The van der Waals surface area contributed by atoms with Crippen LogP contribution in [0.5, 0.6) is 0 Å². The molecule has 2 heterocycles. The van der Waals surface area contributed by atoms with Crippen LogP contribution in [0.3, 0.4) is 0 Å². The minimum absolute atomic E-state index is 0.104. The molecule has 0 bridgehead atoms. The summed E-state index contributed by atoms with van der Waals surface area (Å²) in [7, 11) is 0. The van der Waals surface area contributed by atoms with Crippen LogP contribution >= 0.6 is 11.6 Å². The van der Waals surface area contributed by atoms with E-state index in [2.05, 4.69) is 19.2 Å². The predicted octanol–water partition coefficient (Wildman–Crippen LogP) is 5.20. The molecule has 1 saturated heterocycles. The monoisotopic (exact) mass is 505 g/mol. The summed E-state index contributed by atoms with van der Waals surface area (Å²) in [6.45, 7) is 5.48. The predicted molar refractivity (Wildman–Crippen MR) is 140 cm³/mol. The van der Waals surface area contributed by atoms with Crippen molar-refractivity contribution in [3.8, 4) is 0 Å². The Morgan fingerprint density at radius 2 is 1.72 bits per heavy atom. The first kappa shape index (κ1) is 24.3. The van der Waals surface area contributed by atoms with E-state index in [-0.39, 0.29) is 17.2 Å². The Balaban J connectivity index is 1.45. The van der Waals surface area contributed by atoms with Crippen molar-refractivity contribution in [2.24, 2.45) is 5.41 Å². The smallest absolute Gasteiger partial charge is 0.255 e. The van der Waals surface area contributed by atoms with Crippen LogP contribution in [-0.4, -0.2) is 31.3 Å². The molecule has 0 radical (unpaired) electrons. The molecule has 1 fully saturated rings. The Kier molecular flexibility index (Phi) is 6.47. The lowest BCUT2D eigenvalue weighted by molar-refractivity contribution is -0.229. The second-order valence-electron chi connectivity index (χ2n) is 10.0. The van der Waals surface area contributed by atoms with Crippen molar-refractivity contribution in [3.63, 3.8) is 0 Å². The number of nitrogens with one attached hydrogen (secondary N) is 1. The third-order valence-electron chi connectivity index (χ3n) is 6.42. The summed E-state index contributed by atoms with van der Waals surface area (Å²) in [5.74, 6) is -1.01. The van der Waals surface area contributed by atoms with E-state index in [1.807, 2.05) is 36.4 Å². The average Bonchev–Trinajstić information content (AvgIpc) is 3.11. The minimum Gasteiger partial charge on any atom is -0.399 e. The van der Waals surface area contributed by atoms with Crippen LogP contribution in [-0.2, 0) is 20.8 Å². The minimum atomic E-state index is -0.706. The van der Waals surface area contributed by atoms with Gasteiger partial charge in [-0.2, -0.15) is 0 Å². The summed E-state index contributed by atoms with van der Waals surface area (Å²) in [6, 6.07) is 19.6. The van der Waals surface area contributed by atoms with Crippen LogP contribution in [0, 0.1) is 5.41 Å². The van der Waals surface area contributed by atoms with Gasteiger partial charge in [0, 0.05) is 33.1 Å². The highest BCUT2D eigenvalue weighted by atomic mass is 35.5. The molecule has 2 aliphatic rings. The van der Waals surface area contributed by atoms with Gasteiger partial charge in [0.25, 0.3) is 5.91 Å². The topological polar surface area (TPSA) is 93.9 Å². The standard InChI is InChI=1S/C28H28ClN3O4/c1-28(2)15-35-27(36-16-28)24-22-13-21(31-25(33)18-5-7-19(29)8-6-18)11-12-23(22)32(26(24)34)14-17-3-9-20(30)10-4-17/h3-13,24,27H,14-16,30H2,1-2H3,(H,31,33). The number of halogens is 1. The number of hydrogen-bond acceptors (Lipinski definition) is 5. The van der Waals surface area contributed by atoms with Crippen LogP contribution < -0.4 is 16.0 Å². The summed E-state index contributed by atoms with van der Waals surface area (Å²) in [5.41, 5.74) is 9.91. The number of fused-ring (bicyclic) bond motifs is 1. The van der Waals surface area contributed by atoms with Gasteiger partial charge in [0.05, 0.1) is 19.8 Å². The number of nitrogens with zero attached hydrogens (tertiary/aromatic N) is 1. The maximum atomic E-state index is 13.7. The highest BCUT2D eigenvalue weighted by Gasteiger charge is 2.45. The van der Waals surface area contributed by atoms with E-state index in [0.29, 0.717) is 41.7 Å². The highest BCUT2D eigenvalue weighted by molar-refractivity contribution is 6.30. The largest absolute Gasteiger partial charge is 0.399 e. The number of benzene rings is 3. The molecule has 0 aromatic heterocycles. The first-order valence-electron chi connectivity index (χ1n) is 11.8. The van der Waals surface area contributed by atoms with Gasteiger partial charge < -0.3 is 25.4 Å². The van der Waals surface area contributed by atoms with Gasteiger partial charge in [-0.15, -0.1) is 0 Å². The van der Waals surface area contributed by atoms with Gasteiger partial charge in [0.1, 0.15) is 5.92 Å². The molecule has 1 atom stereocenters. The van der Waals surface area contributed by atoms with E-state index in [9.17, 15) is 9.59 Å². The first-order valence-corrected chi connectivity index (χ1v) is 12.2. The number of nitrogen functional groups attached to an aromatic ring is 1. The van der Waals surface area contributed by atoms with E-state index >= 15 is 0 Å². The van der Waals surface area contributed by atoms with Crippen LogP contribution in [0.2, 0.25) is 5.02 Å². The molecule has 186 valence electrons. The molecule has 3 aromatic rings. The van der Waals surface area contributed by atoms with Crippen LogP contribution in [0.4, 0.5) is 17.1 Å². The van der Waals surface area contributed by atoms with Crippen molar-refractivity contribution in [2.75, 3.05) is 29.2 Å². The molecule has 36 heavy (non-hydrogen) atoms. The van der Waals surface area contributed by atoms with E-state index in [1.54, 1.807) is 35.2 Å². The van der Waals surface area contributed by atoms with E-state index in [0.717, 1.165) is 16.8 Å². The Labute approximate surface area is 215 Å². The number of hydrogen-bond donors (Lipinski definition) is 2. The molecule has 8 heteroatoms. The van der Waals surface area contributed by atoms with Crippen molar-refractivity contribution >= 4 is 40.5 Å². The van der Waals surface area contributed by atoms with Gasteiger partial charge in [0.2, 0.25) is 5.91 Å². The summed E-state index contributed by atoms with van der Waals surface area (Å²) in [6.07, 6.45) is -0.706. The molecule has 3 N–H and O–H groups in total. The molecule has 2 aliphatic heterocycles. The Morgan fingerprint density at radius 1 is 1.06 bits per heavy atom. The van der Waals surface area contributed by atoms with Crippen molar-refractivity contribution in [1.82, 2.24) is 0 Å². The number of rotatable bonds is 5. The average molecular weight is 506 g/mol. The molecule has 3 aromatic carbocycles. The zero-order valence-electron chi connectivity index (χ0n) is 20.2. The fraction of sp³-hybridized carbons (Fsp3) is 0.286. The second-order valence-corrected chi connectivity index (χ2v) is 10.5. The van der Waals surface area contributed by atoms with Crippen molar-refractivity contribution in [1.29, 1.82) is 0 Å². The van der Waals surface area contributed by atoms with E-state index in [1.165, 1.54) is 0 Å². The maximum absolute atomic E-state index is 13.7. The normalized spacial score (nSPS) is 19.2. The number of ether oxygens (including phenoxy) is 2. The molecule has 2 amide bonds. The summed E-state index contributed by atoms with van der Waals surface area (Å²) < 4.78 is 12.1. The van der Waals surface area contributed by atoms with Crippen molar-refractivity contribution in [3.05, 3.63) is 88.4 Å². The van der Waals surface area contributed by atoms with E-state index < -0.39 is 12.2 Å². The molecule has 7 nitrogen and oxygen atoms in total. The lowest BCUT2D eigenvalue weighted by atomic mass is 9.93. The van der Waals surface area contributed by atoms with Crippen LogP contribution in [0.15, 0.2) is 66.7 Å². The zero-order chi connectivity index (χ0) is 25.4. The Morgan fingerprint density at radius 3 is 2.39 bits per heavy atom. The first-order chi connectivity index (χ1) is 17.2. The van der Waals surface area contributed by atoms with Gasteiger partial charge >= 0.3 is 0 Å². The molecule has 5 rings (SSSR count). The van der Waals surface area contributed by atoms with Gasteiger partial charge in [-0.1, -0.05) is 37.6 Å². The third kappa shape index (κ3) is 4.95. The van der Waals surface area contributed by atoms with Crippen molar-refractivity contribution < 1.29 is 19.1 Å². The van der Waals surface area contributed by atoms with Crippen LogP contribution in [0.25, 0.3) is 0 Å². The number of carbonyl (C=O) groups excluding carboxylic acids is 2. The highest BCUT2D eigenvalue weighted by Crippen LogP contribution is 2.44. The molecule has 0 saturated carbocycles. The number of carbonyl (C=O) groups is 2. The van der Waals surface area contributed by atoms with Crippen molar-refractivity contribution in [2.45, 2.75) is 32.6 Å². The van der Waals surface area contributed by atoms with E-state index in [4.69, 9.17) is 26.8 Å². The Hall–Kier alpha value is -3.39. The molecule has 0 spiro atoms. The Bertz CT molecular complexity index is 1280. The van der Waals surface area contributed by atoms with Gasteiger partial charge in [-0.05, 0) is 65.7 Å². The summed E-state index contributed by atoms with van der Waals surface area (Å²) in [4.78, 5) is 28.2. The van der Waals surface area contributed by atoms with Gasteiger partial charge in [0.15, 0.2) is 6.29 Å². The number of nitrogens with two attached hydrogens (primary N) is 1. The fourth-order valence-electron chi connectivity index (χ4n) is 4.48. The fourth-order valence-corrected chi connectivity index (χ4v) is 4.61. The second kappa shape index (κ2) is 9.58. The molecular weight excluding hydrogens is 478 g/mol. The zero-order valence-corrected chi connectivity index (χ0v) is 20.9. The van der Waals surface area contributed by atoms with Crippen LogP contribution in [0.1, 0.15) is 41.3 Å². The van der Waals surface area contributed by atoms with Gasteiger partial charge in [-0.25, -0.2) is 0 Å².